The van der Waals surface area contributed by atoms with Gasteiger partial charge < -0.3 is 10.6 Å². The van der Waals surface area contributed by atoms with Crippen LogP contribution in [0.25, 0.3) is 0 Å². The molecule has 0 radical (unpaired) electrons. The molecule has 3 rings (SSSR count). The quantitative estimate of drug-likeness (QED) is 0.697. The molecule has 1 heterocycles. The molecule has 1 aliphatic heterocycles. The molecular weight excluding hydrogens is 302 g/mol. The largest absolute Gasteiger partial charge is 0.365 e. The van der Waals surface area contributed by atoms with Gasteiger partial charge in [-0.1, -0.05) is 29.8 Å². The van der Waals surface area contributed by atoms with Gasteiger partial charge >= 0.3 is 0 Å². The number of benzene rings is 2. The summed E-state index contributed by atoms with van der Waals surface area (Å²) in [5, 5.41) is 11.2. The first kappa shape index (κ1) is 14.8. The van der Waals surface area contributed by atoms with Crippen LogP contribution in [0.15, 0.2) is 42.5 Å². The Bertz CT molecular complexity index is 720. The van der Waals surface area contributed by atoms with Crippen molar-refractivity contribution in [3.05, 3.63) is 68.7 Å². The first-order chi connectivity index (χ1) is 10.5. The molecule has 2 aromatic carbocycles. The fourth-order valence-corrected chi connectivity index (χ4v) is 3.09. The zero-order valence-electron chi connectivity index (χ0n) is 11.9. The van der Waals surface area contributed by atoms with Gasteiger partial charge in [0.2, 0.25) is 0 Å². The Labute approximate surface area is 133 Å². The third kappa shape index (κ3) is 2.91. The van der Waals surface area contributed by atoms with Crippen LogP contribution in [-0.4, -0.2) is 17.5 Å². The molecule has 114 valence electrons. The lowest BCUT2D eigenvalue weighted by atomic mass is 9.98. The number of nitrogens with two attached hydrogens (primary N) is 1. The van der Waals surface area contributed by atoms with Crippen molar-refractivity contribution in [1.82, 2.24) is 0 Å². The second-order valence-electron chi connectivity index (χ2n) is 5.51. The van der Waals surface area contributed by atoms with Crippen LogP contribution >= 0.6 is 11.6 Å². The minimum absolute atomic E-state index is 0.00416. The van der Waals surface area contributed by atoms with E-state index in [9.17, 15) is 10.1 Å². The summed E-state index contributed by atoms with van der Waals surface area (Å²) < 4.78 is 0. The van der Waals surface area contributed by atoms with Crippen LogP contribution in [0.5, 0.6) is 0 Å². The zero-order chi connectivity index (χ0) is 15.7. The molecule has 6 heteroatoms. The van der Waals surface area contributed by atoms with Crippen LogP contribution in [0.4, 0.5) is 11.4 Å². The molecule has 0 aromatic heterocycles. The van der Waals surface area contributed by atoms with Crippen molar-refractivity contribution in [3.63, 3.8) is 0 Å². The van der Waals surface area contributed by atoms with Gasteiger partial charge in [-0.2, -0.15) is 0 Å². The molecule has 0 saturated carbocycles. The van der Waals surface area contributed by atoms with Crippen molar-refractivity contribution in [2.45, 2.75) is 19.0 Å². The molecular formula is C16H16ClN3O2. The average Bonchev–Trinajstić information content (AvgIpc) is 2.49. The smallest absolute Gasteiger partial charge is 0.270 e. The van der Waals surface area contributed by atoms with Gasteiger partial charge in [-0.15, -0.1) is 0 Å². The summed E-state index contributed by atoms with van der Waals surface area (Å²) in [5.41, 5.74) is 9.37. The van der Waals surface area contributed by atoms with Crippen molar-refractivity contribution in [3.8, 4) is 0 Å². The molecule has 0 fully saturated rings. The number of nitrogens with zero attached hydrogens (tertiary/aromatic N) is 2. The Balaban J connectivity index is 1.89. The zero-order valence-corrected chi connectivity index (χ0v) is 12.7. The molecule has 2 N–H and O–H groups in total. The summed E-state index contributed by atoms with van der Waals surface area (Å²) in [6.45, 7) is 1.33. The van der Waals surface area contributed by atoms with Crippen molar-refractivity contribution < 1.29 is 4.92 Å². The molecule has 0 bridgehead atoms. The predicted molar refractivity (Wildman–Crippen MR) is 87.3 cm³/mol. The topological polar surface area (TPSA) is 72.4 Å². The Morgan fingerprint density at radius 1 is 1.32 bits per heavy atom. The molecule has 2 aromatic rings. The minimum atomic E-state index is -0.443. The van der Waals surface area contributed by atoms with E-state index >= 15 is 0 Å². The number of nitro benzene ring substituents is 1. The third-order valence-corrected chi connectivity index (χ3v) is 4.23. The van der Waals surface area contributed by atoms with Crippen LogP contribution in [-0.2, 0) is 13.0 Å². The number of nitro groups is 1. The molecule has 0 aliphatic carbocycles. The maximum Gasteiger partial charge on any atom is 0.270 e. The van der Waals surface area contributed by atoms with Crippen LogP contribution in [0.1, 0.15) is 11.1 Å². The van der Waals surface area contributed by atoms with E-state index in [-0.39, 0.29) is 11.7 Å². The number of rotatable bonds is 3. The maximum absolute atomic E-state index is 10.8. The number of para-hydroxylation sites is 1. The lowest BCUT2D eigenvalue weighted by Crippen LogP contribution is -2.42. The number of anilines is 1. The lowest BCUT2D eigenvalue weighted by molar-refractivity contribution is -0.384. The summed E-state index contributed by atoms with van der Waals surface area (Å²) in [7, 11) is 0. The van der Waals surface area contributed by atoms with Gasteiger partial charge in [0, 0.05) is 37.0 Å². The van der Waals surface area contributed by atoms with Gasteiger partial charge in [0.15, 0.2) is 0 Å². The highest BCUT2D eigenvalue weighted by atomic mass is 35.5. The Hall–Kier alpha value is -2.11. The second-order valence-corrected chi connectivity index (χ2v) is 5.91. The number of fused-ring (bicyclic) bond motifs is 1. The van der Waals surface area contributed by atoms with E-state index in [0.717, 1.165) is 24.2 Å². The monoisotopic (exact) mass is 317 g/mol. The molecule has 1 atom stereocenters. The average molecular weight is 318 g/mol. The molecule has 1 aliphatic rings. The van der Waals surface area contributed by atoms with E-state index in [1.54, 1.807) is 6.07 Å². The Morgan fingerprint density at radius 2 is 2.09 bits per heavy atom. The van der Waals surface area contributed by atoms with Gasteiger partial charge in [0.1, 0.15) is 0 Å². The molecule has 22 heavy (non-hydrogen) atoms. The summed E-state index contributed by atoms with van der Waals surface area (Å²) in [5.74, 6) is 0. The van der Waals surface area contributed by atoms with Gasteiger partial charge in [-0.05, 0) is 29.7 Å². The highest BCUT2D eigenvalue weighted by Crippen LogP contribution is 2.30. The fraction of sp³-hybridized carbons (Fsp3) is 0.250. The summed E-state index contributed by atoms with van der Waals surface area (Å²) in [6.07, 6.45) is 0.862. The molecule has 1 unspecified atom stereocenters. The minimum Gasteiger partial charge on any atom is -0.365 e. The van der Waals surface area contributed by atoms with E-state index < -0.39 is 4.92 Å². The van der Waals surface area contributed by atoms with Crippen LogP contribution in [0.2, 0.25) is 5.02 Å². The molecule has 0 amide bonds. The standard InChI is InChI=1S/C16H16ClN3O2/c17-15-8-14(20(21)22)6-5-12(15)9-19-10-13(18)7-11-3-1-2-4-16(11)19/h1-6,8,13H,7,9-10,18H2. The van der Waals surface area contributed by atoms with Crippen molar-refractivity contribution >= 4 is 23.0 Å². The van der Waals surface area contributed by atoms with Gasteiger partial charge in [-0.25, -0.2) is 0 Å². The highest BCUT2D eigenvalue weighted by Gasteiger charge is 2.22. The van der Waals surface area contributed by atoms with E-state index in [1.165, 1.54) is 17.7 Å². The number of hydrogen-bond donors (Lipinski definition) is 1. The van der Waals surface area contributed by atoms with Gasteiger partial charge in [0.25, 0.3) is 5.69 Å². The first-order valence-electron chi connectivity index (χ1n) is 7.06. The summed E-state index contributed by atoms with van der Waals surface area (Å²) >= 11 is 6.19. The van der Waals surface area contributed by atoms with Crippen LogP contribution in [0, 0.1) is 10.1 Å². The lowest BCUT2D eigenvalue weighted by Gasteiger charge is -2.34. The predicted octanol–water partition coefficient (Wildman–Crippen LogP) is 3.14. The molecule has 0 saturated heterocycles. The Morgan fingerprint density at radius 3 is 2.82 bits per heavy atom. The molecule has 5 nitrogen and oxygen atoms in total. The SMILES string of the molecule is NC1Cc2ccccc2N(Cc2ccc([N+](=O)[O-])cc2Cl)C1. The highest BCUT2D eigenvalue weighted by molar-refractivity contribution is 6.31. The fourth-order valence-electron chi connectivity index (χ4n) is 2.85. The van der Waals surface area contributed by atoms with E-state index in [0.29, 0.717) is 11.6 Å². The van der Waals surface area contributed by atoms with E-state index in [2.05, 4.69) is 17.0 Å². The maximum atomic E-state index is 10.8. The first-order valence-corrected chi connectivity index (χ1v) is 7.43. The second kappa shape index (κ2) is 5.94. The van der Waals surface area contributed by atoms with E-state index in [1.807, 2.05) is 12.1 Å². The number of non-ortho nitro benzene ring substituents is 1. The Kier molecular flexibility index (Phi) is 4.00. The third-order valence-electron chi connectivity index (χ3n) is 3.88. The molecule has 0 spiro atoms. The van der Waals surface area contributed by atoms with Crippen LogP contribution < -0.4 is 10.6 Å². The van der Waals surface area contributed by atoms with Gasteiger partial charge in [-0.3, -0.25) is 10.1 Å². The van der Waals surface area contributed by atoms with Crippen molar-refractivity contribution in [1.29, 1.82) is 0 Å². The number of halogens is 1. The summed E-state index contributed by atoms with van der Waals surface area (Å²) in [4.78, 5) is 12.5. The van der Waals surface area contributed by atoms with Crippen molar-refractivity contribution in [2.24, 2.45) is 5.73 Å². The van der Waals surface area contributed by atoms with E-state index in [4.69, 9.17) is 17.3 Å². The normalized spacial score (nSPS) is 17.2. The van der Waals surface area contributed by atoms with Crippen LogP contribution in [0.3, 0.4) is 0 Å². The van der Waals surface area contributed by atoms with Crippen molar-refractivity contribution in [2.75, 3.05) is 11.4 Å². The van der Waals surface area contributed by atoms with Gasteiger partial charge in [0.05, 0.1) is 9.95 Å². The summed E-state index contributed by atoms with van der Waals surface area (Å²) in [6, 6.07) is 12.8. The number of hydrogen-bond acceptors (Lipinski definition) is 4.